The quantitative estimate of drug-likeness (QED) is 0.744. The van der Waals surface area contributed by atoms with Gasteiger partial charge in [0.1, 0.15) is 11.5 Å². The van der Waals surface area contributed by atoms with E-state index in [1.54, 1.807) is 35.1 Å². The first-order valence-corrected chi connectivity index (χ1v) is 10.2. The Kier molecular flexibility index (Phi) is 6.14. The molecule has 0 fully saturated rings. The third kappa shape index (κ3) is 4.32. The number of hydrogen-bond acceptors (Lipinski definition) is 5. The van der Waals surface area contributed by atoms with Gasteiger partial charge in [-0.25, -0.2) is 4.98 Å². The van der Waals surface area contributed by atoms with Crippen molar-refractivity contribution in [1.82, 2.24) is 20.4 Å². The SMILES string of the molecule is CC.CC1(C)Cc2nc3cc(C(=O)NNC(=O)C4=CCCC=N4)ccc3c(=O)n2C1. The molecule has 0 aliphatic carbocycles. The number of fused-ring (bicyclic) bond motifs is 2. The average Bonchev–Trinajstić information content (AvgIpc) is 3.07. The second-order valence-corrected chi connectivity index (χ2v) is 7.88. The summed E-state index contributed by atoms with van der Waals surface area (Å²) in [6.07, 6.45) is 5.64. The van der Waals surface area contributed by atoms with Crippen LogP contribution in [-0.4, -0.2) is 27.6 Å². The third-order valence-corrected chi connectivity index (χ3v) is 4.91. The van der Waals surface area contributed by atoms with E-state index in [9.17, 15) is 14.4 Å². The molecule has 3 heterocycles. The van der Waals surface area contributed by atoms with Crippen molar-refractivity contribution in [3.63, 3.8) is 0 Å². The maximum atomic E-state index is 12.7. The normalized spacial score (nSPS) is 16.2. The van der Waals surface area contributed by atoms with Crippen molar-refractivity contribution in [2.24, 2.45) is 10.4 Å². The average molecular weight is 409 g/mol. The highest BCUT2D eigenvalue weighted by molar-refractivity contribution is 6.00. The number of aliphatic imine (C=N–C) groups is 1. The highest BCUT2D eigenvalue weighted by atomic mass is 16.2. The molecule has 158 valence electrons. The Morgan fingerprint density at radius 2 is 1.83 bits per heavy atom. The number of aromatic nitrogens is 2. The van der Waals surface area contributed by atoms with E-state index in [-0.39, 0.29) is 16.7 Å². The van der Waals surface area contributed by atoms with Gasteiger partial charge in [0.15, 0.2) is 0 Å². The zero-order chi connectivity index (χ0) is 21.9. The lowest BCUT2D eigenvalue weighted by Crippen LogP contribution is -2.42. The summed E-state index contributed by atoms with van der Waals surface area (Å²) in [4.78, 5) is 45.7. The van der Waals surface area contributed by atoms with E-state index in [2.05, 4.69) is 34.7 Å². The van der Waals surface area contributed by atoms with Crippen molar-refractivity contribution in [3.05, 3.63) is 51.7 Å². The summed E-state index contributed by atoms with van der Waals surface area (Å²) in [6, 6.07) is 4.73. The van der Waals surface area contributed by atoms with Gasteiger partial charge in [-0.1, -0.05) is 33.8 Å². The van der Waals surface area contributed by atoms with Gasteiger partial charge >= 0.3 is 0 Å². The molecule has 2 aliphatic heterocycles. The van der Waals surface area contributed by atoms with Gasteiger partial charge in [-0.05, 0) is 36.5 Å². The summed E-state index contributed by atoms with van der Waals surface area (Å²) < 4.78 is 1.71. The Morgan fingerprint density at radius 1 is 1.10 bits per heavy atom. The minimum Gasteiger partial charge on any atom is -0.296 e. The van der Waals surface area contributed by atoms with Crippen molar-refractivity contribution >= 4 is 28.9 Å². The fraction of sp³-hybridized carbons (Fsp3) is 0.409. The van der Waals surface area contributed by atoms with Gasteiger partial charge in [-0.2, -0.15) is 0 Å². The minimum absolute atomic E-state index is 0.0166. The highest BCUT2D eigenvalue weighted by Gasteiger charge is 2.31. The van der Waals surface area contributed by atoms with Crippen LogP contribution in [0.1, 0.15) is 56.7 Å². The molecule has 1 aromatic heterocycles. The Bertz CT molecular complexity index is 1110. The smallest absolute Gasteiger partial charge is 0.287 e. The first-order valence-electron chi connectivity index (χ1n) is 10.2. The molecule has 0 unspecified atom stereocenters. The zero-order valence-electron chi connectivity index (χ0n) is 17.8. The van der Waals surface area contributed by atoms with Gasteiger partial charge in [0.05, 0.1) is 10.9 Å². The summed E-state index contributed by atoms with van der Waals surface area (Å²) in [5, 5.41) is 0.476. The van der Waals surface area contributed by atoms with Crippen LogP contribution in [0.25, 0.3) is 10.9 Å². The zero-order valence-corrected chi connectivity index (χ0v) is 17.8. The van der Waals surface area contributed by atoms with Gasteiger partial charge in [0.25, 0.3) is 17.4 Å². The molecule has 2 aliphatic rings. The number of nitrogens with one attached hydrogen (secondary N) is 2. The van der Waals surface area contributed by atoms with Crippen LogP contribution < -0.4 is 16.4 Å². The Labute approximate surface area is 175 Å². The lowest BCUT2D eigenvalue weighted by molar-refractivity contribution is -0.118. The topological polar surface area (TPSA) is 105 Å². The second-order valence-electron chi connectivity index (χ2n) is 7.88. The lowest BCUT2D eigenvalue weighted by Gasteiger charge is -2.13. The van der Waals surface area contributed by atoms with Crippen LogP contribution in [0.4, 0.5) is 0 Å². The number of hydrogen-bond donors (Lipinski definition) is 2. The predicted molar refractivity (Wildman–Crippen MR) is 116 cm³/mol. The van der Waals surface area contributed by atoms with Gasteiger partial charge in [0.2, 0.25) is 0 Å². The standard InChI is InChI=1S/C20H21N5O3.C2H6/c1-20(2)10-16-22-15-9-12(6-7-13(15)19(28)25(16)11-20)17(26)23-24-18(27)14-5-3-4-8-21-14;1-2/h5-9H,3-4,10-11H2,1-2H3,(H,23,26)(H,24,27);1-2H3. The van der Waals surface area contributed by atoms with Crippen molar-refractivity contribution < 1.29 is 9.59 Å². The molecule has 0 saturated carbocycles. The second kappa shape index (κ2) is 8.61. The summed E-state index contributed by atoms with van der Waals surface area (Å²) in [7, 11) is 0. The molecular weight excluding hydrogens is 382 g/mol. The summed E-state index contributed by atoms with van der Waals surface area (Å²) in [5.41, 5.74) is 5.69. The predicted octanol–water partition coefficient (Wildman–Crippen LogP) is 2.51. The number of nitrogens with zero attached hydrogens (tertiary/aromatic N) is 3. The highest BCUT2D eigenvalue weighted by Crippen LogP contribution is 2.29. The summed E-state index contributed by atoms with van der Waals surface area (Å²) in [5.74, 6) is -0.227. The number of rotatable bonds is 2. The molecule has 0 atom stereocenters. The van der Waals surface area contributed by atoms with Crippen LogP contribution in [0, 0.1) is 5.41 Å². The molecular formula is C22H27N5O3. The van der Waals surface area contributed by atoms with Gasteiger partial charge < -0.3 is 0 Å². The van der Waals surface area contributed by atoms with E-state index < -0.39 is 11.8 Å². The molecule has 8 heteroatoms. The molecule has 2 N–H and O–H groups in total. The first-order chi connectivity index (χ1) is 14.3. The van der Waals surface area contributed by atoms with Crippen molar-refractivity contribution in [1.29, 1.82) is 0 Å². The molecule has 2 amide bonds. The Balaban J connectivity index is 0.00000124. The number of carbonyl (C=O) groups is 2. The molecule has 0 radical (unpaired) electrons. The van der Waals surface area contributed by atoms with Crippen LogP contribution in [0.5, 0.6) is 0 Å². The van der Waals surface area contributed by atoms with E-state index in [0.717, 1.165) is 18.7 Å². The number of hydrazine groups is 1. The maximum absolute atomic E-state index is 12.7. The molecule has 1 aromatic carbocycles. The van der Waals surface area contributed by atoms with Crippen LogP contribution in [0.2, 0.25) is 0 Å². The van der Waals surface area contributed by atoms with E-state index in [1.807, 2.05) is 13.8 Å². The van der Waals surface area contributed by atoms with Crippen LogP contribution in [0.3, 0.4) is 0 Å². The number of amides is 2. The summed E-state index contributed by atoms with van der Waals surface area (Å²) >= 11 is 0. The van der Waals surface area contributed by atoms with Crippen molar-refractivity contribution in [2.75, 3.05) is 0 Å². The van der Waals surface area contributed by atoms with Crippen molar-refractivity contribution in [3.8, 4) is 0 Å². The van der Waals surface area contributed by atoms with Gasteiger partial charge in [-0.3, -0.25) is 34.8 Å². The van der Waals surface area contributed by atoms with Crippen LogP contribution >= 0.6 is 0 Å². The van der Waals surface area contributed by atoms with E-state index >= 15 is 0 Å². The monoisotopic (exact) mass is 409 g/mol. The van der Waals surface area contributed by atoms with Crippen LogP contribution in [-0.2, 0) is 17.8 Å². The Hall–Kier alpha value is -3.29. The lowest BCUT2D eigenvalue weighted by atomic mass is 9.92. The molecule has 0 bridgehead atoms. The molecule has 30 heavy (non-hydrogen) atoms. The number of benzene rings is 1. The number of carbonyl (C=O) groups excluding carboxylic acids is 2. The van der Waals surface area contributed by atoms with Crippen LogP contribution in [0.15, 0.2) is 39.8 Å². The minimum atomic E-state index is -0.488. The van der Waals surface area contributed by atoms with Gasteiger partial charge in [-0.15, -0.1) is 0 Å². The third-order valence-electron chi connectivity index (χ3n) is 4.91. The first kappa shape index (κ1) is 21.4. The Morgan fingerprint density at radius 3 is 2.53 bits per heavy atom. The van der Waals surface area contributed by atoms with E-state index in [4.69, 9.17) is 0 Å². The van der Waals surface area contributed by atoms with Gasteiger partial charge in [0, 0.05) is 24.7 Å². The molecule has 0 saturated heterocycles. The molecule has 8 nitrogen and oxygen atoms in total. The largest absolute Gasteiger partial charge is 0.296 e. The summed E-state index contributed by atoms with van der Waals surface area (Å²) in [6.45, 7) is 8.83. The molecule has 0 spiro atoms. The van der Waals surface area contributed by atoms with E-state index in [1.165, 1.54) is 0 Å². The fourth-order valence-electron chi connectivity index (χ4n) is 3.53. The maximum Gasteiger partial charge on any atom is 0.287 e. The number of allylic oxidation sites excluding steroid dienone is 1. The van der Waals surface area contributed by atoms with Crippen molar-refractivity contribution in [2.45, 2.75) is 53.5 Å². The van der Waals surface area contributed by atoms with E-state index in [0.29, 0.717) is 29.4 Å². The molecule has 4 rings (SSSR count). The molecule has 2 aromatic rings. The fourth-order valence-corrected chi connectivity index (χ4v) is 3.53.